The van der Waals surface area contributed by atoms with E-state index in [0.717, 1.165) is 155 Å². The Bertz CT molecular complexity index is 8120. The molecule has 6 nitrogen and oxygen atoms in total. The summed E-state index contributed by atoms with van der Waals surface area (Å²) in [4.78, 5) is 0. The van der Waals surface area contributed by atoms with Crippen molar-refractivity contribution in [3.05, 3.63) is 400 Å². The van der Waals surface area contributed by atoms with Gasteiger partial charge in [0.05, 0.1) is 55.5 Å². The first-order chi connectivity index (χ1) is 56.6. The van der Waals surface area contributed by atoms with E-state index >= 15 is 0 Å². The number of fused-ring (bicyclic) bond motifs is 18. The molecule has 0 saturated carbocycles. The van der Waals surface area contributed by atoms with Crippen LogP contribution in [0, 0.1) is 0 Å². The van der Waals surface area contributed by atoms with Gasteiger partial charge < -0.3 is 27.1 Å². The van der Waals surface area contributed by atoms with Crippen LogP contribution in [0.2, 0.25) is 0 Å². The van der Waals surface area contributed by atoms with Crippen molar-refractivity contribution in [2.75, 3.05) is 0 Å². The molecule has 18 aromatic carbocycles. The van der Waals surface area contributed by atoms with Crippen LogP contribution < -0.4 is 0 Å². The molecule has 0 radical (unpaired) electrons. The lowest BCUT2D eigenvalue weighted by atomic mass is 9.94. The SMILES string of the molecule is c1ccc(-c2cccc(-c3ccc(-n4c5ccccc5c5cc(-c6cccc7c6c6ccccc6n7-c6cccc(-c7cccc(-c8cccc(-c9ccc(-n%10c%11ccccc%11c%11ccc(-c%12cccc%13c%12c%12ccccc%12n%13-c%12ccccc%12)cc%11%10)c%10oc%11ccccc%11c9%10)c8)c7)c6)ccc54)c4oc5ccccc5c34)c2)cc1. The van der Waals surface area contributed by atoms with E-state index in [1.54, 1.807) is 0 Å². The molecule has 6 heteroatoms. The summed E-state index contributed by atoms with van der Waals surface area (Å²) >= 11 is 0. The molecule has 0 saturated heterocycles. The second-order valence-electron chi connectivity index (χ2n) is 30.1. The second kappa shape index (κ2) is 25.2. The molecule has 6 aromatic heterocycles. The Balaban J connectivity index is 0.586. The van der Waals surface area contributed by atoms with Crippen LogP contribution in [0.5, 0.6) is 0 Å². The monoisotopic (exact) mass is 1450 g/mol. The molecular formula is C108H66N4O2. The van der Waals surface area contributed by atoms with Gasteiger partial charge in [0, 0.05) is 76.0 Å². The maximum atomic E-state index is 7.17. The minimum atomic E-state index is 0.842. The first-order valence-electron chi connectivity index (χ1n) is 39.1. The van der Waals surface area contributed by atoms with Crippen molar-refractivity contribution >= 4 is 131 Å². The highest BCUT2D eigenvalue weighted by Crippen LogP contribution is 2.49. The van der Waals surface area contributed by atoms with Crippen LogP contribution in [-0.2, 0) is 0 Å². The lowest BCUT2D eigenvalue weighted by molar-refractivity contribution is 0.666. The summed E-state index contributed by atoms with van der Waals surface area (Å²) in [6, 6.07) is 146. The molecule has 6 heterocycles. The molecule has 0 aliphatic rings. The van der Waals surface area contributed by atoms with Crippen LogP contribution in [0.3, 0.4) is 0 Å². The van der Waals surface area contributed by atoms with Crippen LogP contribution in [0.15, 0.2) is 409 Å². The van der Waals surface area contributed by atoms with Crippen LogP contribution in [0.25, 0.3) is 232 Å². The summed E-state index contributed by atoms with van der Waals surface area (Å²) in [5.74, 6) is 0. The van der Waals surface area contributed by atoms with Gasteiger partial charge in [-0.2, -0.15) is 0 Å². The number of furan rings is 2. The van der Waals surface area contributed by atoms with E-state index in [1.165, 1.54) is 76.4 Å². The number of nitrogens with zero attached hydrogens (tertiary/aromatic N) is 4. The molecule has 114 heavy (non-hydrogen) atoms. The first kappa shape index (κ1) is 63.7. The topological polar surface area (TPSA) is 46.0 Å². The van der Waals surface area contributed by atoms with Gasteiger partial charge in [-0.1, -0.05) is 279 Å². The molecule has 0 spiro atoms. The minimum absolute atomic E-state index is 0.842. The van der Waals surface area contributed by atoms with E-state index in [-0.39, 0.29) is 0 Å². The molecule has 0 aliphatic carbocycles. The molecule has 0 bridgehead atoms. The van der Waals surface area contributed by atoms with Crippen molar-refractivity contribution < 1.29 is 8.83 Å². The summed E-state index contributed by atoms with van der Waals surface area (Å²) in [6.45, 7) is 0. The van der Waals surface area contributed by atoms with E-state index in [4.69, 9.17) is 8.83 Å². The van der Waals surface area contributed by atoms with Gasteiger partial charge in [0.25, 0.3) is 0 Å². The molecule has 0 fully saturated rings. The Labute approximate surface area is 655 Å². The zero-order valence-electron chi connectivity index (χ0n) is 61.7. The average Bonchev–Trinajstić information content (AvgIpc) is 1.56. The second-order valence-corrected chi connectivity index (χ2v) is 30.1. The van der Waals surface area contributed by atoms with Crippen molar-refractivity contribution in [1.82, 2.24) is 18.3 Å². The number of aromatic nitrogens is 4. The van der Waals surface area contributed by atoms with Gasteiger partial charge >= 0.3 is 0 Å². The fourth-order valence-electron chi connectivity index (χ4n) is 19.0. The Morgan fingerprint density at radius 2 is 0.500 bits per heavy atom. The molecule has 0 unspecified atom stereocenters. The number of para-hydroxylation sites is 7. The number of benzene rings is 18. The summed E-state index contributed by atoms with van der Waals surface area (Å²) in [5.41, 5.74) is 32.8. The van der Waals surface area contributed by atoms with E-state index < -0.39 is 0 Å². The van der Waals surface area contributed by atoms with E-state index in [1.807, 2.05) is 0 Å². The fraction of sp³-hybridized carbons (Fsp3) is 0. The van der Waals surface area contributed by atoms with E-state index in [9.17, 15) is 0 Å². The van der Waals surface area contributed by atoms with Gasteiger partial charge in [0.1, 0.15) is 11.2 Å². The third kappa shape index (κ3) is 9.68. The highest BCUT2D eigenvalue weighted by Gasteiger charge is 2.27. The van der Waals surface area contributed by atoms with Crippen molar-refractivity contribution in [2.24, 2.45) is 0 Å². The number of hydrogen-bond donors (Lipinski definition) is 0. The molecular weight excluding hydrogens is 1390 g/mol. The summed E-state index contributed by atoms with van der Waals surface area (Å²) in [5, 5.41) is 13.9. The number of rotatable bonds is 11. The quantitative estimate of drug-likeness (QED) is 0.130. The standard InChI is InChI=1S/C108H66N4O2/c1-3-25-67(26-4-1)68-27-20-32-73(62-68)81-56-59-98(107-105(81)88-41-11-17-51-101(88)113-107)111-92-46-14-8-38-84(92)90-65-75(54-58-95(90)111)79-43-23-50-97-103(79)87-40-10-16-48-94(87)110(97)78-36-22-31-72(64-78)70-29-19-28-69(61-70)71-30-21-33-74(63-71)82-57-60-99(108-106(82)89-42-12-18-52-102(89)114-108)112-91-45-13-7-37-83(91)85-55-53-76(66-100(85)112)80-44-24-49-96-104(80)86-39-9-15-47-93(86)109(96)77-34-5-2-6-35-77/h1-66H. The zero-order valence-corrected chi connectivity index (χ0v) is 61.7. The smallest absolute Gasteiger partial charge is 0.160 e. The normalized spacial score (nSPS) is 12.0. The molecule has 24 aromatic rings. The largest absolute Gasteiger partial charge is 0.454 e. The summed E-state index contributed by atoms with van der Waals surface area (Å²) in [7, 11) is 0. The minimum Gasteiger partial charge on any atom is -0.454 e. The zero-order chi connectivity index (χ0) is 74.6. The highest BCUT2D eigenvalue weighted by atomic mass is 16.3. The lowest BCUT2D eigenvalue weighted by Gasteiger charge is -2.14. The van der Waals surface area contributed by atoms with Crippen LogP contribution in [0.1, 0.15) is 0 Å². The van der Waals surface area contributed by atoms with Crippen molar-refractivity contribution in [1.29, 1.82) is 0 Å². The van der Waals surface area contributed by atoms with Gasteiger partial charge in [-0.3, -0.25) is 0 Å². The van der Waals surface area contributed by atoms with Gasteiger partial charge in [-0.05, 0) is 199 Å². The predicted octanol–water partition coefficient (Wildman–Crippen LogP) is 29.5. The Morgan fingerprint density at radius 3 is 1.06 bits per heavy atom. The van der Waals surface area contributed by atoms with Gasteiger partial charge in [0.2, 0.25) is 0 Å². The van der Waals surface area contributed by atoms with Crippen LogP contribution in [0.4, 0.5) is 0 Å². The van der Waals surface area contributed by atoms with Crippen molar-refractivity contribution in [3.8, 4) is 101 Å². The van der Waals surface area contributed by atoms with Crippen molar-refractivity contribution in [3.63, 3.8) is 0 Å². The van der Waals surface area contributed by atoms with Crippen LogP contribution in [-0.4, -0.2) is 18.3 Å². The predicted molar refractivity (Wildman–Crippen MR) is 476 cm³/mol. The summed E-state index contributed by atoms with van der Waals surface area (Å²) in [6.07, 6.45) is 0. The highest BCUT2D eigenvalue weighted by molar-refractivity contribution is 6.22. The average molecular weight is 1450 g/mol. The maximum absolute atomic E-state index is 7.17. The molecule has 0 aliphatic heterocycles. The number of hydrogen-bond acceptors (Lipinski definition) is 2. The third-order valence-corrected chi connectivity index (χ3v) is 24.0. The lowest BCUT2D eigenvalue weighted by Crippen LogP contribution is -1.96. The van der Waals surface area contributed by atoms with Gasteiger partial charge in [0.15, 0.2) is 11.2 Å². The Hall–Kier alpha value is -15.2. The molecule has 24 rings (SSSR count). The van der Waals surface area contributed by atoms with Gasteiger partial charge in [-0.15, -0.1) is 0 Å². The molecule has 0 amide bonds. The molecule has 0 atom stereocenters. The van der Waals surface area contributed by atoms with Crippen LogP contribution >= 0.6 is 0 Å². The molecule has 0 N–H and O–H groups in total. The van der Waals surface area contributed by atoms with Crippen molar-refractivity contribution in [2.45, 2.75) is 0 Å². The maximum Gasteiger partial charge on any atom is 0.160 e. The third-order valence-electron chi connectivity index (χ3n) is 24.0. The summed E-state index contributed by atoms with van der Waals surface area (Å²) < 4.78 is 23.9. The molecule has 530 valence electrons. The first-order valence-corrected chi connectivity index (χ1v) is 39.1. The Kier molecular flexibility index (Phi) is 14.0. The van der Waals surface area contributed by atoms with Gasteiger partial charge in [-0.25, -0.2) is 0 Å². The fourth-order valence-corrected chi connectivity index (χ4v) is 19.0. The van der Waals surface area contributed by atoms with E-state index in [0.29, 0.717) is 0 Å². The Morgan fingerprint density at radius 1 is 0.158 bits per heavy atom. The van der Waals surface area contributed by atoms with E-state index in [2.05, 4.69) is 419 Å².